The third-order valence-corrected chi connectivity index (χ3v) is 5.60. The van der Waals surface area contributed by atoms with Crippen LogP contribution in [0.4, 0.5) is 17.6 Å². The van der Waals surface area contributed by atoms with E-state index >= 15 is 0 Å². The van der Waals surface area contributed by atoms with Gasteiger partial charge in [0.05, 0.1) is 21.4 Å². The van der Waals surface area contributed by atoms with Crippen molar-refractivity contribution < 1.29 is 32.0 Å². The van der Waals surface area contributed by atoms with Crippen LogP contribution in [-0.4, -0.2) is 34.3 Å². The average Bonchev–Trinajstić information content (AvgIpc) is 2.87. The Bertz CT molecular complexity index is 1220. The number of fused-ring (bicyclic) bond motifs is 1. The largest absolute Gasteiger partial charge is 0.493 e. The number of aromatic nitrogens is 2. The number of alkyl halides is 3. The number of nitrogens with zero attached hydrogens (tertiary/aromatic N) is 2. The number of hydrogen-bond acceptors (Lipinski definition) is 4. The standard InChI is InChI=1S/C21H14BrF4N3O3/c22-17-16-15(5-2-7-28-19(16)30)29(32-20(31)21(24,25)26)18(17)12-6-8-27-14(10-12)11-3-1-4-13(23)9-11/h1,3-4,6,8-10H,2,5,7H2,(H,28,30). The molecule has 4 rings (SSSR count). The molecule has 0 bridgehead atoms. The van der Waals surface area contributed by atoms with E-state index < -0.39 is 23.9 Å². The molecule has 3 heterocycles. The van der Waals surface area contributed by atoms with Gasteiger partial charge >= 0.3 is 12.1 Å². The molecule has 1 aromatic carbocycles. The van der Waals surface area contributed by atoms with Gasteiger partial charge in [0.15, 0.2) is 0 Å². The molecule has 0 saturated heterocycles. The van der Waals surface area contributed by atoms with Crippen molar-refractivity contribution in [2.75, 3.05) is 6.54 Å². The molecular weight excluding hydrogens is 498 g/mol. The molecule has 0 spiro atoms. The number of halogens is 5. The molecule has 1 N–H and O–H groups in total. The number of nitrogens with one attached hydrogen (secondary N) is 1. The Morgan fingerprint density at radius 2 is 1.97 bits per heavy atom. The van der Waals surface area contributed by atoms with Gasteiger partial charge in [0.25, 0.3) is 5.91 Å². The van der Waals surface area contributed by atoms with E-state index in [4.69, 9.17) is 4.84 Å². The first-order valence-corrected chi connectivity index (χ1v) is 10.2. The minimum Gasteiger partial charge on any atom is -0.352 e. The minimum absolute atomic E-state index is 0.0321. The molecule has 11 heteroatoms. The van der Waals surface area contributed by atoms with Crippen LogP contribution in [0.25, 0.3) is 22.5 Å². The fraction of sp³-hybridized carbons (Fsp3) is 0.190. The van der Waals surface area contributed by atoms with Crippen LogP contribution in [-0.2, 0) is 11.2 Å². The zero-order valence-electron chi connectivity index (χ0n) is 16.2. The van der Waals surface area contributed by atoms with E-state index in [1.54, 1.807) is 6.07 Å². The molecule has 3 aromatic rings. The van der Waals surface area contributed by atoms with E-state index in [1.807, 2.05) is 0 Å². The number of amides is 1. The summed E-state index contributed by atoms with van der Waals surface area (Å²) in [6, 6.07) is 8.63. The normalized spacial score (nSPS) is 13.8. The highest BCUT2D eigenvalue weighted by atomic mass is 79.9. The zero-order valence-corrected chi connectivity index (χ0v) is 17.8. The molecule has 0 radical (unpaired) electrons. The summed E-state index contributed by atoms with van der Waals surface area (Å²) in [5, 5.41) is 2.66. The monoisotopic (exact) mass is 511 g/mol. The second-order valence-electron chi connectivity index (χ2n) is 6.95. The fourth-order valence-electron chi connectivity index (χ4n) is 3.44. The summed E-state index contributed by atoms with van der Waals surface area (Å²) in [5.41, 5.74) is 1.32. The maximum Gasteiger partial charge on any atom is 0.493 e. The van der Waals surface area contributed by atoms with Crippen LogP contribution in [0.15, 0.2) is 47.1 Å². The summed E-state index contributed by atoms with van der Waals surface area (Å²) in [5.74, 6) is -3.42. The van der Waals surface area contributed by atoms with Gasteiger partial charge in [0, 0.05) is 23.9 Å². The van der Waals surface area contributed by atoms with Crippen molar-refractivity contribution in [3.05, 3.63) is 64.1 Å². The number of pyridine rings is 1. The summed E-state index contributed by atoms with van der Waals surface area (Å²) in [7, 11) is 0. The highest BCUT2D eigenvalue weighted by Crippen LogP contribution is 2.38. The lowest BCUT2D eigenvalue weighted by molar-refractivity contribution is -0.199. The maximum atomic E-state index is 13.6. The van der Waals surface area contributed by atoms with Crippen molar-refractivity contribution >= 4 is 27.8 Å². The first kappa shape index (κ1) is 22.0. The summed E-state index contributed by atoms with van der Waals surface area (Å²) in [6.07, 6.45) is -3.22. The predicted octanol–water partition coefficient (Wildman–Crippen LogP) is 4.31. The minimum atomic E-state index is -5.24. The Labute approximate surface area is 187 Å². The van der Waals surface area contributed by atoms with Gasteiger partial charge in [0.1, 0.15) is 11.5 Å². The predicted molar refractivity (Wildman–Crippen MR) is 109 cm³/mol. The van der Waals surface area contributed by atoms with Crippen LogP contribution in [0.1, 0.15) is 22.5 Å². The van der Waals surface area contributed by atoms with Crippen LogP contribution >= 0.6 is 15.9 Å². The van der Waals surface area contributed by atoms with Gasteiger partial charge in [-0.05, 0) is 53.0 Å². The second-order valence-corrected chi connectivity index (χ2v) is 7.75. The second kappa shape index (κ2) is 8.38. The topological polar surface area (TPSA) is 73.2 Å². The number of carbonyl (C=O) groups excluding carboxylic acids is 2. The molecule has 0 fully saturated rings. The van der Waals surface area contributed by atoms with Crippen LogP contribution < -0.4 is 10.2 Å². The van der Waals surface area contributed by atoms with Gasteiger partial charge in [-0.3, -0.25) is 9.78 Å². The van der Waals surface area contributed by atoms with Gasteiger partial charge < -0.3 is 10.2 Å². The van der Waals surface area contributed by atoms with Crippen molar-refractivity contribution in [2.24, 2.45) is 0 Å². The van der Waals surface area contributed by atoms with E-state index in [0.29, 0.717) is 29.8 Å². The summed E-state index contributed by atoms with van der Waals surface area (Å²) < 4.78 is 53.4. The quantitative estimate of drug-likeness (QED) is 0.531. The zero-order chi connectivity index (χ0) is 23.0. The summed E-state index contributed by atoms with van der Waals surface area (Å²) in [4.78, 5) is 33.1. The number of hydrogen-bond donors (Lipinski definition) is 1. The van der Waals surface area contributed by atoms with Gasteiger partial charge in [-0.1, -0.05) is 12.1 Å². The Balaban J connectivity index is 1.91. The van der Waals surface area contributed by atoms with Crippen LogP contribution in [0.3, 0.4) is 0 Å². The molecule has 2 aromatic heterocycles. The maximum absolute atomic E-state index is 13.6. The van der Waals surface area contributed by atoms with E-state index in [0.717, 1.165) is 4.73 Å². The lowest BCUT2D eigenvalue weighted by Crippen LogP contribution is -2.34. The number of carbonyl (C=O) groups is 2. The third kappa shape index (κ3) is 4.12. The Kier molecular flexibility index (Phi) is 5.76. The van der Waals surface area contributed by atoms with Gasteiger partial charge in [-0.15, -0.1) is 0 Å². The van der Waals surface area contributed by atoms with Crippen molar-refractivity contribution in [1.29, 1.82) is 0 Å². The van der Waals surface area contributed by atoms with E-state index in [-0.39, 0.29) is 27.8 Å². The molecule has 0 saturated carbocycles. The van der Waals surface area contributed by atoms with Crippen molar-refractivity contribution in [2.45, 2.75) is 19.0 Å². The third-order valence-electron chi connectivity index (χ3n) is 4.83. The van der Waals surface area contributed by atoms with E-state index in [9.17, 15) is 27.2 Å². The van der Waals surface area contributed by atoms with E-state index in [1.165, 1.54) is 36.5 Å². The molecule has 0 atom stereocenters. The summed E-state index contributed by atoms with van der Waals surface area (Å²) >= 11 is 3.30. The van der Waals surface area contributed by atoms with Gasteiger partial charge in [-0.2, -0.15) is 17.9 Å². The van der Waals surface area contributed by atoms with Crippen LogP contribution in [0, 0.1) is 5.82 Å². The Morgan fingerprint density at radius 3 is 2.69 bits per heavy atom. The SMILES string of the molecule is O=C1NCCCc2c1c(Br)c(-c1ccnc(-c3cccc(F)c3)c1)n2OC(=O)C(F)(F)F. The van der Waals surface area contributed by atoms with Gasteiger partial charge in [0.2, 0.25) is 0 Å². The van der Waals surface area contributed by atoms with Crippen LogP contribution in [0.2, 0.25) is 0 Å². The summed E-state index contributed by atoms with van der Waals surface area (Å²) in [6.45, 7) is 0.321. The lowest BCUT2D eigenvalue weighted by Gasteiger charge is -2.14. The lowest BCUT2D eigenvalue weighted by atomic mass is 10.1. The smallest absolute Gasteiger partial charge is 0.352 e. The molecule has 0 aliphatic carbocycles. The molecule has 166 valence electrons. The van der Waals surface area contributed by atoms with Crippen molar-refractivity contribution in [3.8, 4) is 22.5 Å². The molecule has 32 heavy (non-hydrogen) atoms. The van der Waals surface area contributed by atoms with Crippen molar-refractivity contribution in [3.63, 3.8) is 0 Å². The molecule has 0 unspecified atom stereocenters. The van der Waals surface area contributed by atoms with E-state index in [2.05, 4.69) is 26.2 Å². The molecular formula is C21H14BrF4N3O3. The highest BCUT2D eigenvalue weighted by molar-refractivity contribution is 9.10. The van der Waals surface area contributed by atoms with Crippen molar-refractivity contribution in [1.82, 2.24) is 15.0 Å². The molecule has 1 amide bonds. The highest BCUT2D eigenvalue weighted by Gasteiger charge is 2.43. The fourth-order valence-corrected chi connectivity index (χ4v) is 4.24. The van der Waals surface area contributed by atoms with Gasteiger partial charge in [-0.25, -0.2) is 9.18 Å². The Morgan fingerprint density at radius 1 is 1.19 bits per heavy atom. The first-order valence-electron chi connectivity index (χ1n) is 9.40. The molecule has 6 nitrogen and oxygen atoms in total. The number of benzene rings is 1. The Hall–Kier alpha value is -3.21. The van der Waals surface area contributed by atoms with Crippen LogP contribution in [0.5, 0.6) is 0 Å². The molecule has 1 aliphatic heterocycles. The average molecular weight is 512 g/mol. The molecule has 1 aliphatic rings. The number of rotatable bonds is 3. The first-order chi connectivity index (χ1) is 15.2.